The summed E-state index contributed by atoms with van der Waals surface area (Å²) >= 11 is 0. The zero-order valence-corrected chi connectivity index (χ0v) is 12.0. The molecule has 0 amide bonds. The van der Waals surface area contributed by atoms with Crippen molar-refractivity contribution in [3.05, 3.63) is 23.4 Å². The quantitative estimate of drug-likeness (QED) is 0.838. The summed E-state index contributed by atoms with van der Waals surface area (Å²) in [6.07, 6.45) is 4.64. The Morgan fingerprint density at radius 2 is 2.17 bits per heavy atom. The molecule has 0 atom stereocenters. The zero-order chi connectivity index (χ0) is 13.1. The minimum absolute atomic E-state index is 0.694. The van der Waals surface area contributed by atoms with Crippen LogP contribution >= 0.6 is 0 Å². The molecule has 0 aromatic carbocycles. The van der Waals surface area contributed by atoms with Gasteiger partial charge in [-0.3, -0.25) is 0 Å². The first-order chi connectivity index (χ1) is 8.58. The monoisotopic (exact) mass is 247 g/mol. The molecule has 1 aliphatic carbocycles. The fourth-order valence-corrected chi connectivity index (χ4v) is 2.23. The molecule has 1 N–H and O–H groups in total. The third kappa shape index (κ3) is 3.45. The Balaban J connectivity index is 1.96. The van der Waals surface area contributed by atoms with Crippen LogP contribution < -0.4 is 10.2 Å². The lowest BCUT2D eigenvalue weighted by molar-refractivity contribution is 0.552. The van der Waals surface area contributed by atoms with Crippen LogP contribution in [-0.2, 0) is 6.54 Å². The Kier molecular flexibility index (Phi) is 4.23. The van der Waals surface area contributed by atoms with Crippen molar-refractivity contribution in [3.8, 4) is 0 Å². The molecule has 0 aliphatic heterocycles. The maximum Gasteiger partial charge on any atom is 0.131 e. The Bertz CT molecular complexity index is 397. The van der Waals surface area contributed by atoms with Crippen LogP contribution in [0.25, 0.3) is 0 Å². The fraction of sp³-hybridized carbons (Fsp3) is 0.667. The van der Waals surface area contributed by atoms with Gasteiger partial charge in [0, 0.05) is 25.8 Å². The summed E-state index contributed by atoms with van der Waals surface area (Å²) in [5, 5.41) is 3.46. The van der Waals surface area contributed by atoms with Crippen LogP contribution in [0.3, 0.4) is 0 Å². The van der Waals surface area contributed by atoms with Crippen molar-refractivity contribution in [2.24, 2.45) is 5.92 Å². The molecule has 0 unspecified atom stereocenters. The van der Waals surface area contributed by atoms with Gasteiger partial charge in [0.05, 0.1) is 0 Å². The highest BCUT2D eigenvalue weighted by Crippen LogP contribution is 2.30. The molecule has 100 valence electrons. The van der Waals surface area contributed by atoms with Crippen LogP contribution in [0, 0.1) is 12.8 Å². The van der Waals surface area contributed by atoms with Gasteiger partial charge in [-0.2, -0.15) is 0 Å². The van der Waals surface area contributed by atoms with Gasteiger partial charge >= 0.3 is 0 Å². The highest BCUT2D eigenvalue weighted by Gasteiger charge is 2.27. The highest BCUT2D eigenvalue weighted by atomic mass is 15.2. The predicted molar refractivity (Wildman–Crippen MR) is 76.9 cm³/mol. The van der Waals surface area contributed by atoms with Crippen molar-refractivity contribution in [3.63, 3.8) is 0 Å². The number of nitrogens with one attached hydrogen (secondary N) is 1. The lowest BCUT2D eigenvalue weighted by Crippen LogP contribution is -2.22. The Morgan fingerprint density at radius 1 is 1.44 bits per heavy atom. The molecule has 0 bridgehead atoms. The molecule has 3 heteroatoms. The normalized spacial score (nSPS) is 15.2. The standard InChI is InChI=1S/C15H25N3/c1-11(2)8-16-9-13-7-12(3)15(17-10-13)18(4)14-5-6-14/h7,10-11,14,16H,5-6,8-9H2,1-4H3. The van der Waals surface area contributed by atoms with E-state index in [0.717, 1.165) is 24.9 Å². The molecule has 2 rings (SSSR count). The van der Waals surface area contributed by atoms with Crippen molar-refractivity contribution >= 4 is 5.82 Å². The third-order valence-electron chi connectivity index (χ3n) is 3.42. The molecule has 1 aromatic rings. The first-order valence-corrected chi connectivity index (χ1v) is 6.97. The number of hydrogen-bond donors (Lipinski definition) is 1. The number of rotatable bonds is 6. The van der Waals surface area contributed by atoms with Crippen LogP contribution in [0.2, 0.25) is 0 Å². The summed E-state index contributed by atoms with van der Waals surface area (Å²) in [7, 11) is 2.16. The molecule has 1 aromatic heterocycles. The van der Waals surface area contributed by atoms with E-state index in [9.17, 15) is 0 Å². The number of nitrogens with zero attached hydrogens (tertiary/aromatic N) is 2. The van der Waals surface area contributed by atoms with Gasteiger partial charge in [-0.1, -0.05) is 13.8 Å². The summed E-state index contributed by atoms with van der Waals surface area (Å²) in [5.74, 6) is 1.84. The zero-order valence-electron chi connectivity index (χ0n) is 12.0. The molecule has 1 aliphatic rings. The molecule has 3 nitrogen and oxygen atoms in total. The summed E-state index contributed by atoms with van der Waals surface area (Å²) in [6.45, 7) is 8.59. The molecule has 1 saturated carbocycles. The van der Waals surface area contributed by atoms with Crippen LogP contribution in [0.4, 0.5) is 5.82 Å². The molecular formula is C15H25N3. The third-order valence-corrected chi connectivity index (χ3v) is 3.42. The van der Waals surface area contributed by atoms with E-state index in [0.29, 0.717) is 5.92 Å². The predicted octanol–water partition coefficient (Wildman–Crippen LogP) is 2.73. The average molecular weight is 247 g/mol. The maximum atomic E-state index is 4.62. The van der Waals surface area contributed by atoms with Crippen molar-refractivity contribution in [2.75, 3.05) is 18.5 Å². The van der Waals surface area contributed by atoms with Crippen molar-refractivity contribution in [1.29, 1.82) is 0 Å². The summed E-state index contributed by atoms with van der Waals surface area (Å²) in [6, 6.07) is 2.98. The van der Waals surface area contributed by atoms with E-state index in [1.54, 1.807) is 0 Å². The lowest BCUT2D eigenvalue weighted by atomic mass is 10.2. The first kappa shape index (κ1) is 13.3. The van der Waals surface area contributed by atoms with Gasteiger partial charge in [0.25, 0.3) is 0 Å². The number of pyridine rings is 1. The lowest BCUT2D eigenvalue weighted by Gasteiger charge is -2.20. The molecule has 1 heterocycles. The summed E-state index contributed by atoms with van der Waals surface area (Å²) < 4.78 is 0. The van der Waals surface area contributed by atoms with Gasteiger partial charge in [-0.05, 0) is 49.4 Å². The van der Waals surface area contributed by atoms with Crippen molar-refractivity contribution in [2.45, 2.75) is 46.2 Å². The van der Waals surface area contributed by atoms with E-state index in [-0.39, 0.29) is 0 Å². The Labute approximate surface area is 111 Å². The Hall–Kier alpha value is -1.09. The van der Waals surface area contributed by atoms with E-state index in [2.05, 4.69) is 49.1 Å². The van der Waals surface area contributed by atoms with Crippen LogP contribution in [0.5, 0.6) is 0 Å². The van der Waals surface area contributed by atoms with Gasteiger partial charge in [-0.25, -0.2) is 4.98 Å². The second kappa shape index (κ2) is 5.70. The van der Waals surface area contributed by atoms with Crippen LogP contribution in [0.1, 0.15) is 37.8 Å². The van der Waals surface area contributed by atoms with E-state index < -0.39 is 0 Å². The minimum atomic E-state index is 0.694. The molecule has 18 heavy (non-hydrogen) atoms. The van der Waals surface area contributed by atoms with Crippen LogP contribution in [0.15, 0.2) is 12.3 Å². The molecule has 0 spiro atoms. The van der Waals surface area contributed by atoms with Gasteiger partial charge in [-0.15, -0.1) is 0 Å². The van der Waals surface area contributed by atoms with Gasteiger partial charge < -0.3 is 10.2 Å². The number of anilines is 1. The van der Waals surface area contributed by atoms with E-state index in [1.165, 1.54) is 24.0 Å². The number of aryl methyl sites for hydroxylation is 1. The molecule has 1 fully saturated rings. The van der Waals surface area contributed by atoms with E-state index in [4.69, 9.17) is 0 Å². The van der Waals surface area contributed by atoms with E-state index >= 15 is 0 Å². The summed E-state index contributed by atoms with van der Waals surface area (Å²) in [5.41, 5.74) is 2.56. The second-order valence-electron chi connectivity index (χ2n) is 5.85. The van der Waals surface area contributed by atoms with Gasteiger partial charge in [0.1, 0.15) is 5.82 Å². The van der Waals surface area contributed by atoms with E-state index in [1.807, 2.05) is 6.20 Å². The van der Waals surface area contributed by atoms with Crippen LogP contribution in [-0.4, -0.2) is 24.6 Å². The number of aromatic nitrogens is 1. The highest BCUT2D eigenvalue weighted by molar-refractivity contribution is 5.48. The molecule has 0 radical (unpaired) electrons. The van der Waals surface area contributed by atoms with Crippen molar-refractivity contribution < 1.29 is 0 Å². The topological polar surface area (TPSA) is 28.2 Å². The fourth-order valence-electron chi connectivity index (χ4n) is 2.23. The maximum absolute atomic E-state index is 4.62. The average Bonchev–Trinajstić information content (AvgIpc) is 3.11. The second-order valence-corrected chi connectivity index (χ2v) is 5.85. The van der Waals surface area contributed by atoms with Crippen molar-refractivity contribution in [1.82, 2.24) is 10.3 Å². The largest absolute Gasteiger partial charge is 0.356 e. The van der Waals surface area contributed by atoms with Gasteiger partial charge in [0.15, 0.2) is 0 Å². The SMILES string of the molecule is Cc1cc(CNCC(C)C)cnc1N(C)C1CC1. The van der Waals surface area contributed by atoms with Gasteiger partial charge in [0.2, 0.25) is 0 Å². The minimum Gasteiger partial charge on any atom is -0.356 e. The summed E-state index contributed by atoms with van der Waals surface area (Å²) in [4.78, 5) is 6.94. The first-order valence-electron chi connectivity index (χ1n) is 6.97. The molecular weight excluding hydrogens is 222 g/mol. The molecule has 0 saturated heterocycles. The number of hydrogen-bond acceptors (Lipinski definition) is 3. The Morgan fingerprint density at radius 3 is 2.72 bits per heavy atom. The smallest absolute Gasteiger partial charge is 0.131 e.